The van der Waals surface area contributed by atoms with Gasteiger partial charge in [0.2, 0.25) is 0 Å². The zero-order chi connectivity index (χ0) is 14.6. The third-order valence-corrected chi connectivity index (χ3v) is 11.1. The van der Waals surface area contributed by atoms with Gasteiger partial charge in [-0.2, -0.15) is 0 Å². The van der Waals surface area contributed by atoms with E-state index in [1.54, 1.807) is 5.47 Å². The van der Waals surface area contributed by atoms with Crippen LogP contribution in [0.3, 0.4) is 0 Å². The maximum absolute atomic E-state index is 2.59. The molecule has 1 saturated heterocycles. The van der Waals surface area contributed by atoms with Gasteiger partial charge in [0, 0.05) is 0 Å². The Bertz CT molecular complexity index is 313. The second-order valence-electron chi connectivity index (χ2n) is 7.09. The van der Waals surface area contributed by atoms with Crippen LogP contribution in [-0.2, 0) is 0 Å². The molecule has 1 aliphatic rings. The van der Waals surface area contributed by atoms with E-state index in [4.69, 9.17) is 0 Å². The zero-order valence-corrected chi connectivity index (χ0v) is 17.1. The van der Waals surface area contributed by atoms with Gasteiger partial charge >= 0.3 is 126 Å². The van der Waals surface area contributed by atoms with E-state index >= 15 is 0 Å². The fraction of sp³-hybridized carbons (Fsp3) is 0.867. The second-order valence-corrected chi connectivity index (χ2v) is 21.7. The summed E-state index contributed by atoms with van der Waals surface area (Å²) in [6, 6.07) is 0. The van der Waals surface area contributed by atoms with Gasteiger partial charge < -0.3 is 0 Å². The standard InChI is InChI=1S/C12H24BN2.3CH3.Sn/c1-5-7-9-12(8-6-2)13-14(3)10-11-15(13)4;;;;/h5-8,10-11H2,1-4H3;3*1H3;. The first-order valence-electron chi connectivity index (χ1n) is 7.95. The topological polar surface area (TPSA) is 6.48 Å². The third kappa shape index (κ3) is 4.50. The molecular formula is C15H33BN2Sn. The molecule has 0 bridgehead atoms. The number of rotatable bonds is 6. The normalized spacial score (nSPS) is 20.1. The van der Waals surface area contributed by atoms with Crippen LogP contribution in [0.1, 0.15) is 39.5 Å². The SMILES string of the molecule is CCC/C(B1N(C)CCN1C)=[C](\CCC)[Sn]([CH3])([CH3])[CH3]. The van der Waals surface area contributed by atoms with E-state index in [-0.39, 0.29) is 0 Å². The van der Waals surface area contributed by atoms with Crippen molar-refractivity contribution in [2.45, 2.75) is 54.3 Å². The van der Waals surface area contributed by atoms with E-state index < -0.39 is 18.4 Å². The molecule has 1 heterocycles. The number of likely N-dealkylation sites (N-methyl/N-ethyl adjacent to an activating group) is 2. The molecular weight excluding hydrogens is 338 g/mol. The third-order valence-electron chi connectivity index (χ3n) is 4.26. The summed E-state index contributed by atoms with van der Waals surface area (Å²) >= 11 is -1.98. The Kier molecular flexibility index (Phi) is 6.95. The fourth-order valence-corrected chi connectivity index (χ4v) is 9.73. The van der Waals surface area contributed by atoms with Gasteiger partial charge in [-0.3, -0.25) is 0 Å². The van der Waals surface area contributed by atoms with Gasteiger partial charge in [-0.15, -0.1) is 0 Å². The molecule has 1 fully saturated rings. The van der Waals surface area contributed by atoms with Crippen molar-refractivity contribution in [3.8, 4) is 0 Å². The number of nitrogens with zero attached hydrogens (tertiary/aromatic N) is 2. The average molecular weight is 371 g/mol. The molecule has 0 aromatic carbocycles. The van der Waals surface area contributed by atoms with E-state index in [0.29, 0.717) is 6.98 Å². The minimum absolute atomic E-state index is 0.581. The Balaban J connectivity index is 3.20. The minimum atomic E-state index is -1.98. The van der Waals surface area contributed by atoms with Crippen LogP contribution in [0.25, 0.3) is 0 Å². The fourth-order valence-electron chi connectivity index (χ4n) is 3.40. The molecule has 4 heteroatoms. The van der Waals surface area contributed by atoms with Crippen molar-refractivity contribution in [1.82, 2.24) is 9.62 Å². The molecule has 0 atom stereocenters. The van der Waals surface area contributed by atoms with E-state index in [1.165, 1.54) is 38.8 Å². The van der Waals surface area contributed by atoms with Crippen molar-refractivity contribution in [2.24, 2.45) is 0 Å². The zero-order valence-electron chi connectivity index (χ0n) is 14.2. The number of hydrogen-bond acceptors (Lipinski definition) is 2. The van der Waals surface area contributed by atoms with Crippen LogP contribution in [-0.4, -0.2) is 62.2 Å². The predicted molar refractivity (Wildman–Crippen MR) is 91.2 cm³/mol. The first-order chi connectivity index (χ1) is 8.82. The van der Waals surface area contributed by atoms with Gasteiger partial charge in [-0.1, -0.05) is 0 Å². The summed E-state index contributed by atoms with van der Waals surface area (Å²) in [5, 5.41) is 0. The van der Waals surface area contributed by atoms with Crippen molar-refractivity contribution >= 4 is 25.4 Å². The van der Waals surface area contributed by atoms with Gasteiger partial charge in [-0.05, 0) is 0 Å². The molecule has 0 spiro atoms. The van der Waals surface area contributed by atoms with Crippen LogP contribution >= 0.6 is 0 Å². The average Bonchev–Trinajstić information content (AvgIpc) is 2.62. The number of hydrogen-bond donors (Lipinski definition) is 0. The summed E-state index contributed by atoms with van der Waals surface area (Å²) in [6.07, 6.45) is 5.22. The van der Waals surface area contributed by atoms with E-state index in [2.05, 4.69) is 52.4 Å². The molecule has 110 valence electrons. The molecule has 19 heavy (non-hydrogen) atoms. The van der Waals surface area contributed by atoms with Crippen LogP contribution in [0.4, 0.5) is 0 Å². The first kappa shape index (κ1) is 17.6. The molecule has 1 rings (SSSR count). The molecule has 0 N–H and O–H groups in total. The molecule has 0 unspecified atom stereocenters. The first-order valence-corrected chi connectivity index (χ1v) is 17.9. The van der Waals surface area contributed by atoms with Crippen molar-refractivity contribution in [3.05, 3.63) is 9.06 Å². The van der Waals surface area contributed by atoms with Crippen LogP contribution in [0.15, 0.2) is 9.06 Å². The summed E-state index contributed by atoms with van der Waals surface area (Å²) in [6.45, 7) is 7.68. The summed E-state index contributed by atoms with van der Waals surface area (Å²) < 4.78 is 1.91. The van der Waals surface area contributed by atoms with E-state index in [1.807, 2.05) is 3.59 Å². The Morgan fingerprint density at radius 2 is 1.42 bits per heavy atom. The Hall–Kier alpha value is 0.524. The Morgan fingerprint density at radius 1 is 0.947 bits per heavy atom. The van der Waals surface area contributed by atoms with Crippen LogP contribution < -0.4 is 0 Å². The van der Waals surface area contributed by atoms with Gasteiger partial charge in [0.1, 0.15) is 0 Å². The molecule has 0 aromatic heterocycles. The molecule has 0 amide bonds. The van der Waals surface area contributed by atoms with Crippen molar-refractivity contribution < 1.29 is 0 Å². The number of allylic oxidation sites excluding steroid dienone is 2. The van der Waals surface area contributed by atoms with E-state index in [0.717, 1.165) is 0 Å². The quantitative estimate of drug-likeness (QED) is 0.658. The van der Waals surface area contributed by atoms with Gasteiger partial charge in [-0.25, -0.2) is 0 Å². The van der Waals surface area contributed by atoms with Crippen molar-refractivity contribution in [1.29, 1.82) is 0 Å². The van der Waals surface area contributed by atoms with Crippen LogP contribution in [0.2, 0.25) is 14.8 Å². The molecule has 2 nitrogen and oxygen atoms in total. The Morgan fingerprint density at radius 3 is 1.79 bits per heavy atom. The molecule has 0 aromatic rings. The van der Waals surface area contributed by atoms with E-state index in [9.17, 15) is 0 Å². The summed E-state index contributed by atoms with van der Waals surface area (Å²) in [5.41, 5.74) is 1.79. The Labute approximate surface area is 125 Å². The molecule has 0 radical (unpaired) electrons. The predicted octanol–water partition coefficient (Wildman–Crippen LogP) is 3.67. The van der Waals surface area contributed by atoms with Crippen molar-refractivity contribution in [2.75, 3.05) is 27.2 Å². The molecule has 1 aliphatic heterocycles. The van der Waals surface area contributed by atoms with Gasteiger partial charge in [0.05, 0.1) is 0 Å². The van der Waals surface area contributed by atoms with Gasteiger partial charge in [0.25, 0.3) is 0 Å². The summed E-state index contributed by atoms with van der Waals surface area (Å²) in [4.78, 5) is 12.9. The molecule has 0 aliphatic carbocycles. The van der Waals surface area contributed by atoms with Gasteiger partial charge in [0.15, 0.2) is 0 Å². The maximum atomic E-state index is 2.59. The second kappa shape index (κ2) is 7.51. The van der Waals surface area contributed by atoms with Crippen LogP contribution in [0.5, 0.6) is 0 Å². The monoisotopic (exact) mass is 372 g/mol. The summed E-state index contributed by atoms with van der Waals surface area (Å²) in [7, 11) is 4.59. The summed E-state index contributed by atoms with van der Waals surface area (Å²) in [5.74, 6) is 0. The van der Waals surface area contributed by atoms with Crippen molar-refractivity contribution in [3.63, 3.8) is 0 Å². The molecule has 0 saturated carbocycles. The van der Waals surface area contributed by atoms with Crippen LogP contribution in [0, 0.1) is 0 Å².